The zero-order valence-corrected chi connectivity index (χ0v) is 22.0. The second kappa shape index (κ2) is 12.5. The van der Waals surface area contributed by atoms with E-state index in [1.165, 1.54) is 60.9 Å². The highest BCUT2D eigenvalue weighted by molar-refractivity contribution is 5.90. The summed E-state index contributed by atoms with van der Waals surface area (Å²) in [7, 11) is 0. The van der Waals surface area contributed by atoms with Gasteiger partial charge in [0.15, 0.2) is 6.29 Å². The van der Waals surface area contributed by atoms with Gasteiger partial charge in [-0.3, -0.25) is 0 Å². The Hall–Kier alpha value is -3.98. The lowest BCUT2D eigenvalue weighted by Crippen LogP contribution is -2.60. The number of carbonyl (C=O) groups excluding carboxylic acids is 2. The van der Waals surface area contributed by atoms with Gasteiger partial charge in [-0.1, -0.05) is 6.08 Å². The Bertz CT molecular complexity index is 1320. The van der Waals surface area contributed by atoms with Crippen LogP contribution in [0.4, 0.5) is 0 Å². The highest BCUT2D eigenvalue weighted by atomic mass is 16.8. The van der Waals surface area contributed by atoms with Gasteiger partial charge < -0.3 is 54.3 Å². The Balaban J connectivity index is 1.24. The number of phenolic OH excluding ortho intramolecular Hbond substituents is 2. The first-order chi connectivity index (χ1) is 20.1. The number of hydrogen-bond donors (Lipinski definition) is 6. The lowest BCUT2D eigenvalue weighted by atomic mass is 9.88. The molecule has 13 heteroatoms. The molecule has 0 spiro atoms. The molecule has 3 aliphatic rings. The van der Waals surface area contributed by atoms with Gasteiger partial charge in [0.05, 0.1) is 29.4 Å². The van der Waals surface area contributed by atoms with E-state index in [2.05, 4.69) is 0 Å². The normalized spacial score (nSPS) is 31.9. The number of esters is 2. The third-order valence-corrected chi connectivity index (χ3v) is 7.32. The van der Waals surface area contributed by atoms with Gasteiger partial charge in [-0.2, -0.15) is 0 Å². The maximum atomic E-state index is 12.5. The van der Waals surface area contributed by atoms with Crippen LogP contribution in [-0.2, 0) is 23.7 Å². The molecule has 2 aromatic carbocycles. The molecule has 1 saturated heterocycles. The Morgan fingerprint density at radius 3 is 1.98 bits per heavy atom. The molecule has 9 atom stereocenters. The van der Waals surface area contributed by atoms with Gasteiger partial charge in [0.1, 0.15) is 49.1 Å². The first-order valence-corrected chi connectivity index (χ1v) is 13.1. The monoisotopic (exact) mass is 586 g/mol. The van der Waals surface area contributed by atoms with Crippen LogP contribution < -0.4 is 0 Å². The van der Waals surface area contributed by atoms with Crippen molar-refractivity contribution in [3.63, 3.8) is 0 Å². The van der Waals surface area contributed by atoms with Gasteiger partial charge in [-0.05, 0) is 60.2 Å². The standard InChI is InChI=1S/C29H30O13/c30-17-5-1-14(2-6-17)26(36)39-12-16-11-20(32)19-9-10-38-28(22(16)19)42-29-25(35)24(34)23(33)21(41-29)13-40-27(37)15-3-7-18(31)8-4-15/h1-11,19-25,28-35H,12-13H2/t19-,20+,21+,22+,23+,24-,25+,28-,29-/m0/s1. The van der Waals surface area contributed by atoms with Crippen LogP contribution >= 0.6 is 0 Å². The van der Waals surface area contributed by atoms with Gasteiger partial charge in [0, 0.05) is 5.92 Å². The van der Waals surface area contributed by atoms with Gasteiger partial charge in [-0.15, -0.1) is 0 Å². The van der Waals surface area contributed by atoms with Crippen molar-refractivity contribution >= 4 is 11.9 Å². The van der Waals surface area contributed by atoms with Crippen molar-refractivity contribution in [2.24, 2.45) is 11.8 Å². The van der Waals surface area contributed by atoms with Crippen molar-refractivity contribution in [2.45, 2.75) is 43.1 Å². The summed E-state index contributed by atoms with van der Waals surface area (Å²) < 4.78 is 27.8. The van der Waals surface area contributed by atoms with Crippen molar-refractivity contribution in [3.8, 4) is 11.5 Å². The van der Waals surface area contributed by atoms with Crippen molar-refractivity contribution in [2.75, 3.05) is 13.2 Å². The quantitative estimate of drug-likeness (QED) is 0.183. The molecule has 1 fully saturated rings. The highest BCUT2D eigenvalue weighted by Crippen LogP contribution is 2.41. The molecule has 224 valence electrons. The van der Waals surface area contributed by atoms with Gasteiger partial charge in [0.25, 0.3) is 0 Å². The average molecular weight is 587 g/mol. The molecular weight excluding hydrogens is 556 g/mol. The molecule has 42 heavy (non-hydrogen) atoms. The summed E-state index contributed by atoms with van der Waals surface area (Å²) in [6.45, 7) is -0.723. The maximum Gasteiger partial charge on any atom is 0.338 e. The number of aliphatic hydroxyl groups is 4. The van der Waals surface area contributed by atoms with E-state index in [4.69, 9.17) is 23.7 Å². The number of aliphatic hydroxyl groups excluding tert-OH is 4. The molecule has 2 heterocycles. The molecule has 0 saturated carbocycles. The molecule has 0 unspecified atom stereocenters. The fourth-order valence-electron chi connectivity index (χ4n) is 5.02. The first kappa shape index (κ1) is 29.5. The van der Waals surface area contributed by atoms with Gasteiger partial charge in [-0.25, -0.2) is 9.59 Å². The Kier molecular flexibility index (Phi) is 8.77. The largest absolute Gasteiger partial charge is 0.508 e. The van der Waals surface area contributed by atoms with Crippen LogP contribution in [0.3, 0.4) is 0 Å². The van der Waals surface area contributed by atoms with Crippen molar-refractivity contribution in [1.82, 2.24) is 0 Å². The molecule has 6 N–H and O–H groups in total. The van der Waals surface area contributed by atoms with Crippen molar-refractivity contribution < 1.29 is 63.9 Å². The highest BCUT2D eigenvalue weighted by Gasteiger charge is 2.49. The minimum Gasteiger partial charge on any atom is -0.508 e. The van der Waals surface area contributed by atoms with Crippen LogP contribution in [-0.4, -0.2) is 98.9 Å². The fraction of sp³-hybridized carbons (Fsp3) is 0.379. The van der Waals surface area contributed by atoms with Crippen molar-refractivity contribution in [1.29, 1.82) is 0 Å². The van der Waals surface area contributed by atoms with E-state index in [9.17, 15) is 40.2 Å². The molecule has 2 aromatic rings. The first-order valence-electron chi connectivity index (χ1n) is 13.1. The number of aromatic hydroxyl groups is 2. The summed E-state index contributed by atoms with van der Waals surface area (Å²) >= 11 is 0. The van der Waals surface area contributed by atoms with E-state index < -0.39 is 73.5 Å². The predicted molar refractivity (Wildman–Crippen MR) is 140 cm³/mol. The van der Waals surface area contributed by atoms with E-state index in [0.717, 1.165) is 0 Å². The number of fused-ring (bicyclic) bond motifs is 1. The molecule has 0 amide bonds. The molecule has 0 bridgehead atoms. The smallest absolute Gasteiger partial charge is 0.338 e. The van der Waals surface area contributed by atoms with Crippen LogP contribution in [0, 0.1) is 11.8 Å². The topological polar surface area (TPSA) is 202 Å². The SMILES string of the molecule is O=C(OCC1=C[C@@H](O)[C@@H]2C=CO[C@@H](O[C@@H]3O[C@H](COC(=O)c4ccc(O)cc4)[C@@H](O)[C@H](O)[C@H]3O)[C@H]12)c1ccc(O)cc1. The molecule has 2 aliphatic heterocycles. The fourth-order valence-corrected chi connectivity index (χ4v) is 5.02. The van der Waals surface area contributed by atoms with Crippen LogP contribution in [0.1, 0.15) is 20.7 Å². The summed E-state index contributed by atoms with van der Waals surface area (Å²) in [6.07, 6.45) is -5.61. The van der Waals surface area contributed by atoms with Gasteiger partial charge >= 0.3 is 11.9 Å². The van der Waals surface area contributed by atoms with Crippen LogP contribution in [0.25, 0.3) is 0 Å². The maximum absolute atomic E-state index is 12.5. The summed E-state index contributed by atoms with van der Waals surface area (Å²) in [5, 5.41) is 61.0. The molecular formula is C29H30O13. The second-order valence-electron chi connectivity index (χ2n) is 10.1. The molecule has 13 nitrogen and oxygen atoms in total. The van der Waals surface area contributed by atoms with E-state index in [-0.39, 0.29) is 29.2 Å². The number of ether oxygens (including phenoxy) is 5. The third-order valence-electron chi connectivity index (χ3n) is 7.32. The minimum absolute atomic E-state index is 0.00959. The Morgan fingerprint density at radius 2 is 1.36 bits per heavy atom. The molecule has 1 aliphatic carbocycles. The van der Waals surface area contributed by atoms with Crippen LogP contribution in [0.5, 0.6) is 11.5 Å². The Morgan fingerprint density at radius 1 is 0.762 bits per heavy atom. The van der Waals surface area contributed by atoms with Gasteiger partial charge in [0.2, 0.25) is 6.29 Å². The summed E-state index contributed by atoms with van der Waals surface area (Å²) in [5.41, 5.74) is 0.809. The second-order valence-corrected chi connectivity index (χ2v) is 10.1. The number of hydrogen-bond acceptors (Lipinski definition) is 13. The van der Waals surface area contributed by atoms with Crippen molar-refractivity contribution in [3.05, 3.63) is 83.6 Å². The van der Waals surface area contributed by atoms with E-state index in [1.54, 1.807) is 6.08 Å². The summed E-state index contributed by atoms with van der Waals surface area (Å²) in [5.74, 6) is -2.69. The molecule has 5 rings (SSSR count). The molecule has 0 aromatic heterocycles. The predicted octanol–water partition coefficient (Wildman–Crippen LogP) is 0.339. The van der Waals surface area contributed by atoms with Crippen LogP contribution in [0.15, 0.2) is 72.5 Å². The zero-order valence-electron chi connectivity index (χ0n) is 22.0. The third kappa shape index (κ3) is 6.26. The lowest BCUT2D eigenvalue weighted by Gasteiger charge is -2.42. The number of phenols is 2. The zero-order chi connectivity index (χ0) is 30.0. The van der Waals surface area contributed by atoms with E-state index in [0.29, 0.717) is 5.57 Å². The minimum atomic E-state index is -1.73. The lowest BCUT2D eigenvalue weighted by molar-refractivity contribution is -0.339. The number of benzene rings is 2. The summed E-state index contributed by atoms with van der Waals surface area (Å²) in [6, 6.07) is 10.8. The number of rotatable bonds is 8. The average Bonchev–Trinajstić information content (AvgIpc) is 3.32. The molecule has 0 radical (unpaired) electrons. The van der Waals surface area contributed by atoms with E-state index >= 15 is 0 Å². The summed E-state index contributed by atoms with van der Waals surface area (Å²) in [4.78, 5) is 24.9. The Labute approximate surface area is 239 Å². The van der Waals surface area contributed by atoms with E-state index in [1.807, 2.05) is 0 Å². The number of carbonyl (C=O) groups is 2. The van der Waals surface area contributed by atoms with Crippen LogP contribution in [0.2, 0.25) is 0 Å².